The topological polar surface area (TPSA) is 54.4 Å². The minimum atomic E-state index is -0.625. The summed E-state index contributed by atoms with van der Waals surface area (Å²) in [7, 11) is 0. The SMILES string of the molecule is CC(=O)C1CC1C(C)(C)C.CC(C)(C)C1CC1.CC(C)(C)C1CC1C(=O)O.CC1CC1C(C)(C)C.CC1CC1C(C)(C)C.CC1CC1C(C)(C)C.CC1CC1C(C)(C)C.CC1CC1C(C)(C)C. The van der Waals surface area contributed by atoms with Crippen molar-refractivity contribution in [1.29, 1.82) is 0 Å². The van der Waals surface area contributed by atoms with E-state index in [2.05, 4.69) is 201 Å². The Balaban J connectivity index is 0.000000384. The predicted molar refractivity (Wildman–Crippen MR) is 296 cm³/mol. The van der Waals surface area contributed by atoms with E-state index in [9.17, 15) is 9.59 Å². The zero-order chi connectivity index (χ0) is 53.2. The van der Waals surface area contributed by atoms with Crippen LogP contribution in [-0.4, -0.2) is 16.9 Å². The maximum absolute atomic E-state index is 10.9. The molecule has 398 valence electrons. The zero-order valence-corrected chi connectivity index (χ0v) is 51.3. The van der Waals surface area contributed by atoms with Gasteiger partial charge in [0.15, 0.2) is 0 Å². The average Bonchev–Trinajstić information content (AvgIpc) is 3.85. The summed E-state index contributed by atoms with van der Waals surface area (Å²) in [5.41, 5.74) is 4.05. The quantitative estimate of drug-likeness (QED) is 0.300. The first-order valence-electron chi connectivity index (χ1n) is 28.3. The number of hydrogen-bond acceptors (Lipinski definition) is 2. The smallest absolute Gasteiger partial charge is 0.306 e. The first-order valence-corrected chi connectivity index (χ1v) is 28.3. The maximum atomic E-state index is 10.9. The van der Waals surface area contributed by atoms with Crippen LogP contribution in [0.1, 0.15) is 265 Å². The third-order valence-electron chi connectivity index (χ3n) is 17.6. The highest BCUT2D eigenvalue weighted by molar-refractivity contribution is 5.81. The van der Waals surface area contributed by atoms with Gasteiger partial charge in [0.05, 0.1) is 5.92 Å². The minimum absolute atomic E-state index is 0.0556. The highest BCUT2D eigenvalue weighted by Gasteiger charge is 2.50. The lowest BCUT2D eigenvalue weighted by atomic mass is 9.88. The predicted octanol–water partition coefficient (Wildman–Crippen LogP) is 19.9. The number of carboxylic acids is 1. The standard InChI is InChI=1S/C9H16O.C8H14O2.5C8H16.C7H14/c1-6(10)7-5-8(7)9(2,3)4;1-8(2,3)6-4-5(6)7(9)10;5*1-6-5-7(6)8(2,3)4;1-7(2,3)6-4-5-6/h7-8H,5H2,1-4H3;5-6H,4H2,1-3H3,(H,9,10);5*6-7H,5H2,1-4H3;6H,4-5H2,1-3H3. The molecule has 1 N–H and O–H groups in total. The summed E-state index contributed by atoms with van der Waals surface area (Å²) in [4.78, 5) is 21.3. The van der Waals surface area contributed by atoms with Crippen LogP contribution in [0.2, 0.25) is 0 Å². The van der Waals surface area contributed by atoms with E-state index < -0.39 is 5.97 Å². The van der Waals surface area contributed by atoms with Crippen molar-refractivity contribution in [2.75, 3.05) is 0 Å². The van der Waals surface area contributed by atoms with Gasteiger partial charge in [0, 0.05) is 5.92 Å². The van der Waals surface area contributed by atoms with E-state index in [-0.39, 0.29) is 11.3 Å². The molecule has 0 bridgehead atoms. The summed E-state index contributed by atoms with van der Waals surface area (Å²) >= 11 is 0. The van der Waals surface area contributed by atoms with Gasteiger partial charge < -0.3 is 5.11 Å². The van der Waals surface area contributed by atoms with Crippen molar-refractivity contribution in [1.82, 2.24) is 0 Å². The number of Topliss-reactive ketones (excluding diaryl/α,β-unsaturated/α-hetero) is 1. The first-order chi connectivity index (χ1) is 29.5. The van der Waals surface area contributed by atoms with E-state index in [1.165, 1.54) is 44.9 Å². The van der Waals surface area contributed by atoms with Gasteiger partial charge in [-0.05, 0) is 185 Å². The lowest BCUT2D eigenvalue weighted by molar-refractivity contribution is -0.139. The van der Waals surface area contributed by atoms with Gasteiger partial charge >= 0.3 is 5.97 Å². The highest BCUT2D eigenvalue weighted by atomic mass is 16.4. The summed E-state index contributed by atoms with van der Waals surface area (Å²) in [5, 5.41) is 8.59. The molecule has 0 amide bonds. The van der Waals surface area contributed by atoms with Gasteiger partial charge in [0.1, 0.15) is 5.78 Å². The fourth-order valence-electron chi connectivity index (χ4n) is 11.6. The van der Waals surface area contributed by atoms with Crippen LogP contribution < -0.4 is 0 Å². The van der Waals surface area contributed by atoms with Crippen LogP contribution in [0.15, 0.2) is 0 Å². The molecule has 0 radical (unpaired) electrons. The van der Waals surface area contributed by atoms with Crippen molar-refractivity contribution in [3.8, 4) is 0 Å². The number of carbonyl (C=O) groups is 2. The summed E-state index contributed by atoms with van der Waals surface area (Å²) in [6, 6.07) is 0. The Labute approximate surface area is 422 Å². The third-order valence-corrected chi connectivity index (χ3v) is 17.6. The molecule has 67 heavy (non-hydrogen) atoms. The van der Waals surface area contributed by atoms with Crippen LogP contribution in [0.4, 0.5) is 0 Å². The Morgan fingerprint density at radius 2 is 0.493 bits per heavy atom. The third kappa shape index (κ3) is 25.9. The van der Waals surface area contributed by atoms with Crippen molar-refractivity contribution < 1.29 is 14.7 Å². The van der Waals surface area contributed by atoms with Crippen molar-refractivity contribution in [2.24, 2.45) is 132 Å². The molecule has 0 heterocycles. The molecule has 3 heteroatoms. The number of ketones is 1. The molecule has 0 aromatic carbocycles. The molecule has 0 aromatic heterocycles. The molecule has 8 rings (SSSR count). The van der Waals surface area contributed by atoms with E-state index in [1.54, 1.807) is 6.92 Å². The van der Waals surface area contributed by atoms with Crippen molar-refractivity contribution in [2.45, 2.75) is 265 Å². The second-order valence-corrected chi connectivity index (χ2v) is 33.1. The number of carboxylic acid groups (broad SMARTS) is 1. The molecule has 0 aliphatic heterocycles. The van der Waals surface area contributed by atoms with Gasteiger partial charge in [-0.1, -0.05) is 201 Å². The largest absolute Gasteiger partial charge is 0.481 e. The molecule has 0 spiro atoms. The molecule has 8 aliphatic carbocycles. The van der Waals surface area contributed by atoms with E-state index in [0.29, 0.717) is 61.4 Å². The summed E-state index contributed by atoms with van der Waals surface area (Å²) in [5.74, 6) is 12.3. The molecule has 8 saturated carbocycles. The molecule has 14 unspecified atom stereocenters. The van der Waals surface area contributed by atoms with Gasteiger partial charge in [-0.25, -0.2) is 0 Å². The molecule has 8 aliphatic rings. The molecule has 8 fully saturated rings. The zero-order valence-electron chi connectivity index (χ0n) is 51.3. The Bertz CT molecular complexity index is 1300. The summed E-state index contributed by atoms with van der Waals surface area (Å²) in [6.45, 7) is 68.3. The van der Waals surface area contributed by atoms with Gasteiger partial charge in [-0.3, -0.25) is 9.59 Å². The van der Waals surface area contributed by atoms with E-state index in [0.717, 1.165) is 77.9 Å². The fourth-order valence-corrected chi connectivity index (χ4v) is 11.6. The summed E-state index contributed by atoms with van der Waals surface area (Å²) < 4.78 is 0. The normalized spacial score (nSPS) is 34.3. The number of hydrogen-bond donors (Lipinski definition) is 1. The van der Waals surface area contributed by atoms with Gasteiger partial charge in [-0.15, -0.1) is 0 Å². The van der Waals surface area contributed by atoms with Crippen molar-refractivity contribution in [3.05, 3.63) is 0 Å². The second-order valence-electron chi connectivity index (χ2n) is 33.1. The average molecular weight is 942 g/mol. The molecule has 14 atom stereocenters. The Kier molecular flexibility index (Phi) is 22.4. The van der Waals surface area contributed by atoms with Gasteiger partial charge in [0.25, 0.3) is 0 Å². The number of carbonyl (C=O) groups excluding carboxylic acids is 1. The van der Waals surface area contributed by atoms with Crippen molar-refractivity contribution in [3.63, 3.8) is 0 Å². The molecule has 0 aromatic rings. The Morgan fingerprint density at radius 3 is 0.522 bits per heavy atom. The van der Waals surface area contributed by atoms with Crippen LogP contribution >= 0.6 is 0 Å². The Morgan fingerprint density at radius 1 is 0.313 bits per heavy atom. The second kappa shape index (κ2) is 23.3. The fraction of sp³-hybridized carbons (Fsp3) is 0.969. The van der Waals surface area contributed by atoms with Crippen LogP contribution in [0.25, 0.3) is 0 Å². The summed E-state index contributed by atoms with van der Waals surface area (Å²) in [6.07, 6.45) is 12.3. The molecule has 3 nitrogen and oxygen atoms in total. The van der Waals surface area contributed by atoms with E-state index in [4.69, 9.17) is 5.11 Å². The van der Waals surface area contributed by atoms with Gasteiger partial charge in [0.2, 0.25) is 0 Å². The molecular weight excluding hydrogens is 817 g/mol. The van der Waals surface area contributed by atoms with E-state index >= 15 is 0 Å². The Hall–Kier alpha value is -0.860. The van der Waals surface area contributed by atoms with Crippen LogP contribution in [0, 0.1) is 132 Å². The van der Waals surface area contributed by atoms with E-state index in [1.807, 2.05) is 0 Å². The number of aliphatic carboxylic acids is 1. The lowest BCUT2D eigenvalue weighted by Gasteiger charge is -2.17. The van der Waals surface area contributed by atoms with Crippen LogP contribution in [0.3, 0.4) is 0 Å². The molecule has 0 saturated heterocycles. The lowest BCUT2D eigenvalue weighted by Crippen LogP contribution is -2.12. The van der Waals surface area contributed by atoms with Crippen LogP contribution in [0.5, 0.6) is 0 Å². The van der Waals surface area contributed by atoms with Crippen LogP contribution in [-0.2, 0) is 9.59 Å². The van der Waals surface area contributed by atoms with Crippen molar-refractivity contribution >= 4 is 11.8 Å². The maximum Gasteiger partial charge on any atom is 0.306 e. The number of rotatable bonds is 2. The van der Waals surface area contributed by atoms with Gasteiger partial charge in [-0.2, -0.15) is 0 Å². The highest BCUT2D eigenvalue weighted by Crippen LogP contribution is 2.54. The molecular formula is C64H124O3. The minimum Gasteiger partial charge on any atom is -0.481 e. The first kappa shape index (κ1) is 64.2. The monoisotopic (exact) mass is 941 g/mol.